The third-order valence-corrected chi connectivity index (χ3v) is 3.61. The molecule has 1 aromatic rings. The monoisotopic (exact) mass is 298 g/mol. The molecule has 0 aromatic heterocycles. The van der Waals surface area contributed by atoms with Gasteiger partial charge in [0.05, 0.1) is 4.92 Å². The van der Waals surface area contributed by atoms with Crippen molar-refractivity contribution < 1.29 is 4.92 Å². The Morgan fingerprint density at radius 3 is 2.75 bits per heavy atom. The normalized spacial score (nSPS) is 12.3. The van der Waals surface area contributed by atoms with Gasteiger partial charge in [-0.3, -0.25) is 10.1 Å². The molecule has 1 N–H and O–H groups in total. The molecule has 0 radical (unpaired) electrons. The summed E-state index contributed by atoms with van der Waals surface area (Å²) >= 11 is 5.80. The maximum absolute atomic E-state index is 11.0. The first-order valence-electron chi connectivity index (χ1n) is 7.20. The zero-order chi connectivity index (χ0) is 15.0. The molecule has 20 heavy (non-hydrogen) atoms. The summed E-state index contributed by atoms with van der Waals surface area (Å²) < 4.78 is 0. The van der Waals surface area contributed by atoms with Gasteiger partial charge in [-0.2, -0.15) is 0 Å². The number of unbranched alkanes of at least 4 members (excludes halogenated alkanes) is 3. The molecule has 1 aromatic carbocycles. The van der Waals surface area contributed by atoms with Gasteiger partial charge in [-0.25, -0.2) is 0 Å². The van der Waals surface area contributed by atoms with E-state index in [-0.39, 0.29) is 10.6 Å². The number of nitro groups is 1. The third kappa shape index (κ3) is 5.88. The van der Waals surface area contributed by atoms with Gasteiger partial charge in [-0.05, 0) is 25.5 Å². The summed E-state index contributed by atoms with van der Waals surface area (Å²) in [6.45, 7) is 4.82. The van der Waals surface area contributed by atoms with Gasteiger partial charge >= 0.3 is 0 Å². The van der Waals surface area contributed by atoms with Crippen molar-refractivity contribution in [3.63, 3.8) is 0 Å². The second kappa shape index (κ2) is 8.93. The summed E-state index contributed by atoms with van der Waals surface area (Å²) in [6, 6.07) is 5.18. The number of nitro benzene ring substituents is 1. The van der Waals surface area contributed by atoms with E-state index in [0.29, 0.717) is 23.2 Å². The van der Waals surface area contributed by atoms with Crippen molar-refractivity contribution in [2.75, 3.05) is 0 Å². The number of hydrogen-bond donors (Lipinski definition) is 1. The number of rotatable bonds is 9. The maximum atomic E-state index is 11.0. The predicted molar refractivity (Wildman–Crippen MR) is 83.2 cm³/mol. The van der Waals surface area contributed by atoms with Crippen LogP contribution in [0.25, 0.3) is 0 Å². The standard InChI is InChI=1S/C15H23ClN2O2/c1-3-4-5-6-7-12(2)17-11-13-8-9-14(16)10-15(13)18(19)20/h8-10,12,17H,3-7,11H2,1-2H3. The van der Waals surface area contributed by atoms with Crippen LogP contribution in [0, 0.1) is 10.1 Å². The molecule has 112 valence electrons. The smallest absolute Gasteiger partial charge is 0.275 e. The van der Waals surface area contributed by atoms with Gasteiger partial charge in [0.1, 0.15) is 0 Å². The van der Waals surface area contributed by atoms with Crippen LogP contribution in [0.1, 0.15) is 51.5 Å². The fourth-order valence-corrected chi connectivity index (χ4v) is 2.29. The van der Waals surface area contributed by atoms with E-state index >= 15 is 0 Å². The molecule has 4 nitrogen and oxygen atoms in total. The first-order valence-corrected chi connectivity index (χ1v) is 7.58. The predicted octanol–water partition coefficient (Wildman–Crippen LogP) is 4.70. The molecule has 1 rings (SSSR count). The summed E-state index contributed by atoms with van der Waals surface area (Å²) in [4.78, 5) is 10.6. The van der Waals surface area contributed by atoms with Crippen LogP contribution in [-0.2, 0) is 6.54 Å². The van der Waals surface area contributed by atoms with Crippen LogP contribution in [0.3, 0.4) is 0 Å². The van der Waals surface area contributed by atoms with Crippen LogP contribution in [0.5, 0.6) is 0 Å². The van der Waals surface area contributed by atoms with E-state index in [0.717, 1.165) is 6.42 Å². The molecule has 0 amide bonds. The quantitative estimate of drug-likeness (QED) is 0.408. The fraction of sp³-hybridized carbons (Fsp3) is 0.600. The van der Waals surface area contributed by atoms with Crippen LogP contribution < -0.4 is 5.32 Å². The van der Waals surface area contributed by atoms with E-state index in [4.69, 9.17) is 11.6 Å². The molecule has 0 aliphatic carbocycles. The first-order chi connectivity index (χ1) is 9.54. The Bertz CT molecular complexity index is 438. The minimum absolute atomic E-state index is 0.0863. The molecule has 1 atom stereocenters. The lowest BCUT2D eigenvalue weighted by Crippen LogP contribution is -2.25. The van der Waals surface area contributed by atoms with Gasteiger partial charge in [-0.15, -0.1) is 0 Å². The second-order valence-corrected chi connectivity index (χ2v) is 5.60. The highest BCUT2D eigenvalue weighted by Gasteiger charge is 2.14. The molecule has 0 saturated carbocycles. The Morgan fingerprint density at radius 1 is 1.35 bits per heavy atom. The summed E-state index contributed by atoms with van der Waals surface area (Å²) in [5.41, 5.74) is 0.767. The Hall–Kier alpha value is -1.13. The molecule has 1 unspecified atom stereocenters. The molecule has 0 saturated heterocycles. The van der Waals surface area contributed by atoms with Gasteiger partial charge in [-0.1, -0.05) is 44.2 Å². The van der Waals surface area contributed by atoms with Gasteiger partial charge in [0.2, 0.25) is 0 Å². The fourth-order valence-electron chi connectivity index (χ4n) is 2.12. The second-order valence-electron chi connectivity index (χ2n) is 5.16. The average molecular weight is 299 g/mol. The SMILES string of the molecule is CCCCCCC(C)NCc1ccc(Cl)cc1[N+](=O)[O-]. The molecular weight excluding hydrogens is 276 g/mol. The molecular formula is C15H23ClN2O2. The number of halogens is 1. The van der Waals surface area contributed by atoms with Crippen molar-refractivity contribution in [2.45, 2.75) is 58.5 Å². The van der Waals surface area contributed by atoms with Crippen molar-refractivity contribution in [1.29, 1.82) is 0 Å². The summed E-state index contributed by atoms with van der Waals surface area (Å²) in [6.07, 6.45) is 6.06. The van der Waals surface area contributed by atoms with E-state index in [1.165, 1.54) is 31.7 Å². The van der Waals surface area contributed by atoms with Gasteiger partial charge in [0.25, 0.3) is 5.69 Å². The molecule has 0 aliphatic heterocycles. The number of hydrogen-bond acceptors (Lipinski definition) is 3. The molecule has 0 spiro atoms. The highest BCUT2D eigenvalue weighted by Crippen LogP contribution is 2.23. The maximum Gasteiger partial charge on any atom is 0.275 e. The molecule has 0 heterocycles. The minimum atomic E-state index is -0.380. The van der Waals surface area contributed by atoms with Crippen LogP contribution in [0.2, 0.25) is 5.02 Å². The molecule has 5 heteroatoms. The largest absolute Gasteiger partial charge is 0.310 e. The van der Waals surface area contributed by atoms with E-state index < -0.39 is 0 Å². The van der Waals surface area contributed by atoms with Crippen LogP contribution in [-0.4, -0.2) is 11.0 Å². The lowest BCUT2D eigenvalue weighted by atomic mass is 10.1. The Balaban J connectivity index is 2.46. The Labute approximate surface area is 125 Å². The average Bonchev–Trinajstić information content (AvgIpc) is 2.42. The highest BCUT2D eigenvalue weighted by molar-refractivity contribution is 6.30. The van der Waals surface area contributed by atoms with Gasteiger partial charge < -0.3 is 5.32 Å². The molecule has 0 fully saturated rings. The van der Waals surface area contributed by atoms with E-state index in [9.17, 15) is 10.1 Å². The van der Waals surface area contributed by atoms with Crippen molar-refractivity contribution in [3.8, 4) is 0 Å². The summed E-state index contributed by atoms with van der Waals surface area (Å²) in [5, 5.41) is 14.7. The number of nitrogens with zero attached hydrogens (tertiary/aromatic N) is 1. The summed E-state index contributed by atoms with van der Waals surface area (Å²) in [7, 11) is 0. The van der Waals surface area contributed by atoms with E-state index in [2.05, 4.69) is 19.2 Å². The minimum Gasteiger partial charge on any atom is -0.310 e. The lowest BCUT2D eigenvalue weighted by molar-refractivity contribution is -0.385. The van der Waals surface area contributed by atoms with Crippen LogP contribution >= 0.6 is 11.6 Å². The number of benzene rings is 1. The van der Waals surface area contributed by atoms with Crippen molar-refractivity contribution in [2.24, 2.45) is 0 Å². The van der Waals surface area contributed by atoms with Crippen molar-refractivity contribution >= 4 is 17.3 Å². The van der Waals surface area contributed by atoms with Gasteiger partial charge in [0, 0.05) is 29.2 Å². The number of nitrogens with one attached hydrogen (secondary N) is 1. The Morgan fingerprint density at radius 2 is 2.10 bits per heavy atom. The van der Waals surface area contributed by atoms with Crippen molar-refractivity contribution in [3.05, 3.63) is 38.9 Å². The molecule has 0 bridgehead atoms. The topological polar surface area (TPSA) is 55.2 Å². The van der Waals surface area contributed by atoms with Crippen LogP contribution in [0.15, 0.2) is 18.2 Å². The zero-order valence-corrected chi connectivity index (χ0v) is 12.9. The first kappa shape index (κ1) is 16.9. The van der Waals surface area contributed by atoms with Crippen LogP contribution in [0.4, 0.5) is 5.69 Å². The lowest BCUT2D eigenvalue weighted by Gasteiger charge is -2.13. The Kier molecular flexibility index (Phi) is 7.55. The zero-order valence-electron chi connectivity index (χ0n) is 12.2. The highest BCUT2D eigenvalue weighted by atomic mass is 35.5. The van der Waals surface area contributed by atoms with E-state index in [1.54, 1.807) is 12.1 Å². The van der Waals surface area contributed by atoms with E-state index in [1.807, 2.05) is 0 Å². The summed E-state index contributed by atoms with van der Waals surface area (Å²) in [5.74, 6) is 0. The van der Waals surface area contributed by atoms with Crippen molar-refractivity contribution in [1.82, 2.24) is 5.32 Å². The van der Waals surface area contributed by atoms with Gasteiger partial charge in [0.15, 0.2) is 0 Å². The molecule has 0 aliphatic rings. The third-order valence-electron chi connectivity index (χ3n) is 3.38.